The third-order valence-electron chi connectivity index (χ3n) is 4.58. The van der Waals surface area contributed by atoms with E-state index in [4.69, 9.17) is 0 Å². The first kappa shape index (κ1) is 13.8. The Morgan fingerprint density at radius 3 is 2.50 bits per heavy atom. The van der Waals surface area contributed by atoms with Crippen LogP contribution in [0.1, 0.15) is 12.8 Å². The van der Waals surface area contributed by atoms with Gasteiger partial charge in [0.15, 0.2) is 0 Å². The zero-order valence-electron chi connectivity index (χ0n) is 12.0. The maximum absolute atomic E-state index is 12.9. The topological polar surface area (TPSA) is 18.5 Å². The molecule has 0 bridgehead atoms. The second-order valence-corrected chi connectivity index (χ2v) is 5.95. The monoisotopic (exact) mass is 277 g/mol. The minimum absolute atomic E-state index is 0.155. The number of hydrogen-bond donors (Lipinski definition) is 1. The van der Waals surface area contributed by atoms with Crippen LogP contribution in [0.4, 0.5) is 10.1 Å². The predicted molar refractivity (Wildman–Crippen MR) is 80.6 cm³/mol. The van der Waals surface area contributed by atoms with Crippen LogP contribution in [0.15, 0.2) is 24.3 Å². The molecule has 4 heteroatoms. The van der Waals surface area contributed by atoms with Crippen LogP contribution in [0.5, 0.6) is 0 Å². The summed E-state index contributed by atoms with van der Waals surface area (Å²) in [7, 11) is 0. The Morgan fingerprint density at radius 2 is 1.85 bits per heavy atom. The van der Waals surface area contributed by atoms with Gasteiger partial charge in [-0.2, -0.15) is 0 Å². The molecular formula is C16H24FN3. The molecule has 20 heavy (non-hydrogen) atoms. The SMILES string of the molecule is Fc1ccc(N2CCN(CCC3CCNC3)CC2)cc1. The number of benzene rings is 1. The Kier molecular flexibility index (Phi) is 4.53. The summed E-state index contributed by atoms with van der Waals surface area (Å²) >= 11 is 0. The van der Waals surface area contributed by atoms with E-state index in [1.807, 2.05) is 12.1 Å². The molecule has 1 aromatic carbocycles. The van der Waals surface area contributed by atoms with E-state index in [-0.39, 0.29) is 5.82 Å². The molecule has 0 saturated carbocycles. The largest absolute Gasteiger partial charge is 0.369 e. The van der Waals surface area contributed by atoms with Gasteiger partial charge < -0.3 is 10.2 Å². The summed E-state index contributed by atoms with van der Waals surface area (Å²) in [6.45, 7) is 7.97. The molecule has 2 fully saturated rings. The fraction of sp³-hybridized carbons (Fsp3) is 0.625. The molecule has 2 aliphatic rings. The average Bonchev–Trinajstić information content (AvgIpc) is 3.00. The minimum atomic E-state index is -0.155. The summed E-state index contributed by atoms with van der Waals surface area (Å²) in [5, 5.41) is 3.44. The second kappa shape index (κ2) is 6.55. The van der Waals surface area contributed by atoms with E-state index in [2.05, 4.69) is 15.1 Å². The summed E-state index contributed by atoms with van der Waals surface area (Å²) in [6.07, 6.45) is 2.67. The van der Waals surface area contributed by atoms with Crippen molar-refractivity contribution in [1.82, 2.24) is 10.2 Å². The highest BCUT2D eigenvalue weighted by Crippen LogP contribution is 2.18. The van der Waals surface area contributed by atoms with Crippen molar-refractivity contribution >= 4 is 5.69 Å². The first-order valence-corrected chi connectivity index (χ1v) is 7.75. The van der Waals surface area contributed by atoms with Crippen LogP contribution < -0.4 is 10.2 Å². The summed E-state index contributed by atoms with van der Waals surface area (Å²) in [5.74, 6) is 0.725. The molecule has 0 aliphatic carbocycles. The van der Waals surface area contributed by atoms with Crippen LogP contribution >= 0.6 is 0 Å². The molecule has 2 aliphatic heterocycles. The van der Waals surface area contributed by atoms with Gasteiger partial charge in [-0.25, -0.2) is 4.39 Å². The molecular weight excluding hydrogens is 253 g/mol. The molecule has 0 spiro atoms. The Hall–Kier alpha value is -1.13. The Morgan fingerprint density at radius 1 is 1.10 bits per heavy atom. The van der Waals surface area contributed by atoms with Crippen molar-refractivity contribution in [2.45, 2.75) is 12.8 Å². The van der Waals surface area contributed by atoms with E-state index in [0.29, 0.717) is 0 Å². The molecule has 1 atom stereocenters. The maximum Gasteiger partial charge on any atom is 0.123 e. The molecule has 2 heterocycles. The van der Waals surface area contributed by atoms with Crippen LogP contribution in [0.3, 0.4) is 0 Å². The Bertz CT molecular complexity index is 406. The van der Waals surface area contributed by atoms with Crippen LogP contribution in [-0.2, 0) is 0 Å². The van der Waals surface area contributed by atoms with E-state index in [1.54, 1.807) is 12.1 Å². The molecule has 2 saturated heterocycles. The molecule has 0 amide bonds. The van der Waals surface area contributed by atoms with E-state index < -0.39 is 0 Å². The quantitative estimate of drug-likeness (QED) is 0.907. The molecule has 1 aromatic rings. The number of rotatable bonds is 4. The van der Waals surface area contributed by atoms with Crippen molar-refractivity contribution in [2.75, 3.05) is 50.7 Å². The normalized spacial score (nSPS) is 24.2. The molecule has 1 unspecified atom stereocenters. The minimum Gasteiger partial charge on any atom is -0.369 e. The third-order valence-corrected chi connectivity index (χ3v) is 4.58. The van der Waals surface area contributed by atoms with Gasteiger partial charge >= 0.3 is 0 Å². The maximum atomic E-state index is 12.9. The van der Waals surface area contributed by atoms with Gasteiger partial charge in [-0.15, -0.1) is 0 Å². The number of hydrogen-bond acceptors (Lipinski definition) is 3. The molecule has 3 rings (SSSR count). The first-order valence-electron chi connectivity index (χ1n) is 7.75. The van der Waals surface area contributed by atoms with Crippen LogP contribution in [0.2, 0.25) is 0 Å². The zero-order valence-corrected chi connectivity index (χ0v) is 12.0. The van der Waals surface area contributed by atoms with E-state index in [9.17, 15) is 4.39 Å². The highest BCUT2D eigenvalue weighted by molar-refractivity contribution is 5.46. The second-order valence-electron chi connectivity index (χ2n) is 5.95. The number of nitrogens with zero attached hydrogens (tertiary/aromatic N) is 2. The first-order chi connectivity index (χ1) is 9.81. The molecule has 3 nitrogen and oxygen atoms in total. The van der Waals surface area contributed by atoms with Gasteiger partial charge in [0.05, 0.1) is 0 Å². The highest BCUT2D eigenvalue weighted by Gasteiger charge is 2.19. The average molecular weight is 277 g/mol. The fourth-order valence-corrected chi connectivity index (χ4v) is 3.21. The van der Waals surface area contributed by atoms with Crippen molar-refractivity contribution < 1.29 is 4.39 Å². The van der Waals surface area contributed by atoms with Crippen LogP contribution in [-0.4, -0.2) is 50.7 Å². The summed E-state index contributed by atoms with van der Waals surface area (Å²) < 4.78 is 12.9. The van der Waals surface area contributed by atoms with Gasteiger partial charge in [-0.1, -0.05) is 0 Å². The van der Waals surface area contributed by atoms with Gasteiger partial charge in [-0.3, -0.25) is 4.90 Å². The number of halogens is 1. The lowest BCUT2D eigenvalue weighted by molar-refractivity contribution is 0.241. The lowest BCUT2D eigenvalue weighted by atomic mass is 10.0. The van der Waals surface area contributed by atoms with E-state index >= 15 is 0 Å². The van der Waals surface area contributed by atoms with E-state index in [1.165, 1.54) is 32.5 Å². The lowest BCUT2D eigenvalue weighted by Crippen LogP contribution is -2.46. The number of nitrogens with one attached hydrogen (secondary N) is 1. The lowest BCUT2D eigenvalue weighted by Gasteiger charge is -2.36. The molecule has 0 aromatic heterocycles. The van der Waals surface area contributed by atoms with Crippen molar-refractivity contribution in [2.24, 2.45) is 5.92 Å². The van der Waals surface area contributed by atoms with Gasteiger partial charge in [0.2, 0.25) is 0 Å². The van der Waals surface area contributed by atoms with E-state index in [0.717, 1.165) is 37.8 Å². The van der Waals surface area contributed by atoms with Crippen LogP contribution in [0, 0.1) is 11.7 Å². The Labute approximate surface area is 120 Å². The van der Waals surface area contributed by atoms with Crippen molar-refractivity contribution in [1.29, 1.82) is 0 Å². The predicted octanol–water partition coefficient (Wildman–Crippen LogP) is 1.95. The molecule has 0 radical (unpaired) electrons. The molecule has 110 valence electrons. The van der Waals surface area contributed by atoms with Gasteiger partial charge in [-0.05, 0) is 62.7 Å². The van der Waals surface area contributed by atoms with Gasteiger partial charge in [0.25, 0.3) is 0 Å². The van der Waals surface area contributed by atoms with Gasteiger partial charge in [0, 0.05) is 31.9 Å². The van der Waals surface area contributed by atoms with Crippen molar-refractivity contribution in [3.63, 3.8) is 0 Å². The number of piperazine rings is 1. The Balaban J connectivity index is 1.43. The van der Waals surface area contributed by atoms with Crippen molar-refractivity contribution in [3.05, 3.63) is 30.1 Å². The third kappa shape index (κ3) is 3.49. The summed E-state index contributed by atoms with van der Waals surface area (Å²) in [5.41, 5.74) is 1.14. The smallest absolute Gasteiger partial charge is 0.123 e. The molecule has 1 N–H and O–H groups in total. The fourth-order valence-electron chi connectivity index (χ4n) is 3.21. The van der Waals surface area contributed by atoms with Gasteiger partial charge in [0.1, 0.15) is 5.82 Å². The zero-order chi connectivity index (χ0) is 13.8. The number of anilines is 1. The van der Waals surface area contributed by atoms with Crippen LogP contribution in [0.25, 0.3) is 0 Å². The van der Waals surface area contributed by atoms with Crippen molar-refractivity contribution in [3.8, 4) is 0 Å². The standard InChI is InChI=1S/C16H24FN3/c17-15-1-3-16(4-2-15)20-11-9-19(10-12-20)8-6-14-5-7-18-13-14/h1-4,14,18H,5-13H2. The summed E-state index contributed by atoms with van der Waals surface area (Å²) in [4.78, 5) is 4.92. The summed E-state index contributed by atoms with van der Waals surface area (Å²) in [6, 6.07) is 6.87. The highest BCUT2D eigenvalue weighted by atomic mass is 19.1.